The maximum Gasteiger partial charge on any atom is 0.215 e. The summed E-state index contributed by atoms with van der Waals surface area (Å²) in [5.41, 5.74) is 1.14. The van der Waals surface area contributed by atoms with Gasteiger partial charge in [-0.3, -0.25) is 0 Å². The highest BCUT2D eigenvalue weighted by molar-refractivity contribution is 7.26. The molecule has 1 aromatic rings. The Morgan fingerprint density at radius 1 is 1.33 bits per heavy atom. The predicted molar refractivity (Wildman–Crippen MR) is 51.7 cm³/mol. The Morgan fingerprint density at radius 2 is 2.08 bits per heavy atom. The molecule has 0 N–H and O–H groups in total. The van der Waals surface area contributed by atoms with E-state index in [1.807, 2.05) is 38.1 Å². The van der Waals surface area contributed by atoms with Crippen LogP contribution in [0.4, 0.5) is 0 Å². The van der Waals surface area contributed by atoms with Crippen LogP contribution in [0.3, 0.4) is 0 Å². The molecule has 0 spiro atoms. The second kappa shape index (κ2) is 5.13. The van der Waals surface area contributed by atoms with Crippen molar-refractivity contribution in [1.29, 1.82) is 0 Å². The van der Waals surface area contributed by atoms with Crippen LogP contribution in [0.1, 0.15) is 12.5 Å². The summed E-state index contributed by atoms with van der Waals surface area (Å²) in [5, 5.41) is 0. The molecule has 1 unspecified atom stereocenters. The Hall–Kier alpha value is -0.590. The summed E-state index contributed by atoms with van der Waals surface area (Å²) >= 11 is 0. The van der Waals surface area contributed by atoms with Gasteiger partial charge in [0.1, 0.15) is 5.75 Å². The average molecular weight is 184 g/mol. The first-order valence-electron chi connectivity index (χ1n) is 3.94. The highest BCUT2D eigenvalue weighted by atomic mass is 31.1. The monoisotopic (exact) mass is 184 g/mol. The van der Waals surface area contributed by atoms with Crippen LogP contribution in [0.5, 0.6) is 5.75 Å². The summed E-state index contributed by atoms with van der Waals surface area (Å²) in [4.78, 5) is 0. The highest BCUT2D eigenvalue weighted by Crippen LogP contribution is 2.24. The van der Waals surface area contributed by atoms with Gasteiger partial charge in [-0.2, -0.15) is 0 Å². The van der Waals surface area contributed by atoms with E-state index >= 15 is 0 Å². The van der Waals surface area contributed by atoms with Crippen LogP contribution in [0, 0.1) is 6.92 Å². The molecule has 0 amide bonds. The van der Waals surface area contributed by atoms with E-state index in [-0.39, 0.29) is 9.03 Å². The molecule has 0 aromatic heterocycles. The van der Waals surface area contributed by atoms with Crippen molar-refractivity contribution in [3.63, 3.8) is 0 Å². The maximum absolute atomic E-state index is 5.38. The summed E-state index contributed by atoms with van der Waals surface area (Å²) < 4.78 is 10.5. The number of benzene rings is 1. The summed E-state index contributed by atoms with van der Waals surface area (Å²) in [6, 6.07) is 7.91. The number of hydrogen-bond acceptors (Lipinski definition) is 2. The lowest BCUT2D eigenvalue weighted by Crippen LogP contribution is -1.84. The molecule has 0 fully saturated rings. The van der Waals surface area contributed by atoms with Gasteiger partial charge in [0, 0.05) is 0 Å². The van der Waals surface area contributed by atoms with Crippen molar-refractivity contribution in [2.75, 3.05) is 6.61 Å². The van der Waals surface area contributed by atoms with E-state index in [4.69, 9.17) is 9.05 Å². The van der Waals surface area contributed by atoms with Gasteiger partial charge < -0.3 is 9.05 Å². The molecular formula is C9H13O2P. The first kappa shape index (κ1) is 9.50. The standard InChI is InChI=1S/C9H13O2P/c1-3-10-12-11-9-7-5-4-6-8(9)2/h4-7,12H,3H2,1-2H3. The van der Waals surface area contributed by atoms with Gasteiger partial charge in [0.25, 0.3) is 0 Å². The van der Waals surface area contributed by atoms with Crippen LogP contribution in [-0.4, -0.2) is 6.61 Å². The quantitative estimate of drug-likeness (QED) is 0.529. The normalized spacial score (nSPS) is 10.8. The summed E-state index contributed by atoms with van der Waals surface area (Å²) in [5.74, 6) is 0.907. The summed E-state index contributed by atoms with van der Waals surface area (Å²) in [7, 11) is 0.106. The van der Waals surface area contributed by atoms with Crippen molar-refractivity contribution in [3.8, 4) is 5.75 Å². The molecule has 0 saturated heterocycles. The van der Waals surface area contributed by atoms with E-state index < -0.39 is 0 Å². The molecule has 3 heteroatoms. The van der Waals surface area contributed by atoms with Gasteiger partial charge in [-0.25, -0.2) is 0 Å². The fourth-order valence-corrected chi connectivity index (χ4v) is 1.30. The largest absolute Gasteiger partial charge is 0.449 e. The van der Waals surface area contributed by atoms with Gasteiger partial charge in [0.15, 0.2) is 0 Å². The molecule has 1 atom stereocenters. The van der Waals surface area contributed by atoms with E-state index in [1.165, 1.54) is 0 Å². The van der Waals surface area contributed by atoms with Gasteiger partial charge in [-0.15, -0.1) is 0 Å². The van der Waals surface area contributed by atoms with E-state index in [9.17, 15) is 0 Å². The zero-order valence-electron chi connectivity index (χ0n) is 7.33. The molecule has 1 rings (SSSR count). The maximum atomic E-state index is 5.38. The van der Waals surface area contributed by atoms with E-state index in [1.54, 1.807) is 0 Å². The van der Waals surface area contributed by atoms with Gasteiger partial charge in [0.05, 0.1) is 6.61 Å². The van der Waals surface area contributed by atoms with E-state index in [0.29, 0.717) is 6.61 Å². The predicted octanol–water partition coefficient (Wildman–Crippen LogP) is 2.92. The topological polar surface area (TPSA) is 18.5 Å². The fraction of sp³-hybridized carbons (Fsp3) is 0.333. The minimum Gasteiger partial charge on any atom is -0.449 e. The zero-order chi connectivity index (χ0) is 8.81. The fourth-order valence-electron chi connectivity index (χ4n) is 0.804. The molecule has 1 aromatic carbocycles. The van der Waals surface area contributed by atoms with E-state index in [0.717, 1.165) is 11.3 Å². The minimum absolute atomic E-state index is 0.106. The second-order valence-electron chi connectivity index (χ2n) is 2.38. The van der Waals surface area contributed by atoms with Crippen molar-refractivity contribution in [2.45, 2.75) is 13.8 Å². The molecule has 0 aliphatic rings. The van der Waals surface area contributed by atoms with Crippen LogP contribution in [0.25, 0.3) is 0 Å². The molecule has 0 aliphatic carbocycles. The van der Waals surface area contributed by atoms with Gasteiger partial charge in [-0.1, -0.05) is 18.2 Å². The van der Waals surface area contributed by atoms with Gasteiger partial charge in [0.2, 0.25) is 9.03 Å². The van der Waals surface area contributed by atoms with Gasteiger partial charge in [-0.05, 0) is 25.5 Å². The van der Waals surface area contributed by atoms with Crippen molar-refractivity contribution in [1.82, 2.24) is 0 Å². The molecule has 0 aliphatic heterocycles. The van der Waals surface area contributed by atoms with Crippen molar-refractivity contribution < 1.29 is 9.05 Å². The molecule has 2 nitrogen and oxygen atoms in total. The van der Waals surface area contributed by atoms with Crippen molar-refractivity contribution in [2.24, 2.45) is 0 Å². The lowest BCUT2D eigenvalue weighted by Gasteiger charge is -2.06. The molecule has 0 bridgehead atoms. The zero-order valence-corrected chi connectivity index (χ0v) is 8.33. The first-order chi connectivity index (χ1) is 5.84. The summed E-state index contributed by atoms with van der Waals surface area (Å²) in [6.07, 6.45) is 0. The van der Waals surface area contributed by atoms with E-state index in [2.05, 4.69) is 0 Å². The number of aryl methyl sites for hydroxylation is 1. The van der Waals surface area contributed by atoms with Crippen molar-refractivity contribution in [3.05, 3.63) is 29.8 Å². The highest BCUT2D eigenvalue weighted by Gasteiger charge is 1.95. The van der Waals surface area contributed by atoms with Crippen LogP contribution < -0.4 is 4.52 Å². The number of para-hydroxylation sites is 1. The van der Waals surface area contributed by atoms with Crippen LogP contribution in [-0.2, 0) is 4.52 Å². The Kier molecular flexibility index (Phi) is 4.06. The average Bonchev–Trinajstić information content (AvgIpc) is 2.09. The second-order valence-corrected chi connectivity index (χ2v) is 3.04. The smallest absolute Gasteiger partial charge is 0.215 e. The third-order valence-electron chi connectivity index (χ3n) is 1.45. The Morgan fingerprint density at radius 3 is 2.75 bits per heavy atom. The molecule has 0 saturated carbocycles. The first-order valence-corrected chi connectivity index (χ1v) is 4.75. The lowest BCUT2D eigenvalue weighted by atomic mass is 10.2. The summed E-state index contributed by atoms with van der Waals surface area (Å²) in [6.45, 7) is 4.67. The Bertz CT molecular complexity index is 238. The number of hydrogen-bond donors (Lipinski definition) is 0. The third kappa shape index (κ3) is 2.80. The molecule has 0 heterocycles. The Balaban J connectivity index is 2.46. The van der Waals surface area contributed by atoms with Crippen LogP contribution in [0.2, 0.25) is 0 Å². The van der Waals surface area contributed by atoms with Gasteiger partial charge >= 0.3 is 0 Å². The molecule has 0 radical (unpaired) electrons. The molecular weight excluding hydrogens is 171 g/mol. The minimum atomic E-state index is 0.106. The van der Waals surface area contributed by atoms with Crippen LogP contribution >= 0.6 is 9.03 Å². The SMILES string of the molecule is CCOPOc1ccccc1C. The lowest BCUT2D eigenvalue weighted by molar-refractivity contribution is 0.351. The van der Waals surface area contributed by atoms with Crippen LogP contribution in [0.15, 0.2) is 24.3 Å². The van der Waals surface area contributed by atoms with Crippen molar-refractivity contribution >= 4 is 9.03 Å². The molecule has 12 heavy (non-hydrogen) atoms. The third-order valence-corrected chi connectivity index (χ3v) is 2.16. The number of rotatable bonds is 4. The Labute approximate surface area is 74.8 Å². The molecule has 66 valence electrons.